The van der Waals surface area contributed by atoms with Crippen molar-refractivity contribution in [1.29, 1.82) is 0 Å². The first kappa shape index (κ1) is 21.8. The molecule has 31 heavy (non-hydrogen) atoms. The van der Waals surface area contributed by atoms with E-state index in [0.717, 1.165) is 17.1 Å². The predicted molar refractivity (Wildman–Crippen MR) is 128 cm³/mol. The van der Waals surface area contributed by atoms with Crippen LogP contribution < -0.4 is 9.80 Å². The van der Waals surface area contributed by atoms with Crippen LogP contribution in [0, 0.1) is 6.92 Å². The minimum Gasteiger partial charge on any atom is -0.365 e. The van der Waals surface area contributed by atoms with Gasteiger partial charge in [-0.15, -0.1) is 11.8 Å². The van der Waals surface area contributed by atoms with Gasteiger partial charge < -0.3 is 14.7 Å². The molecule has 2 aromatic carbocycles. The summed E-state index contributed by atoms with van der Waals surface area (Å²) in [6, 6.07) is 16.7. The minimum absolute atomic E-state index is 0.0160. The van der Waals surface area contributed by atoms with Gasteiger partial charge in [-0.05, 0) is 57.5 Å². The molecule has 0 saturated carbocycles. The minimum atomic E-state index is -0.195. The highest BCUT2D eigenvalue weighted by Crippen LogP contribution is 2.43. The molecule has 0 spiro atoms. The van der Waals surface area contributed by atoms with E-state index in [-0.39, 0.29) is 29.1 Å². The highest BCUT2D eigenvalue weighted by molar-refractivity contribution is 8.00. The maximum atomic E-state index is 13.2. The Morgan fingerprint density at radius 1 is 1.13 bits per heavy atom. The molecule has 1 saturated heterocycles. The zero-order valence-electron chi connectivity index (χ0n) is 18.8. The van der Waals surface area contributed by atoms with Crippen molar-refractivity contribution in [1.82, 2.24) is 4.90 Å². The van der Waals surface area contributed by atoms with Crippen molar-refractivity contribution >= 4 is 35.0 Å². The Labute approximate surface area is 189 Å². The van der Waals surface area contributed by atoms with Gasteiger partial charge in [-0.3, -0.25) is 9.59 Å². The molecule has 2 aliphatic heterocycles. The number of aryl methyl sites for hydroxylation is 1. The summed E-state index contributed by atoms with van der Waals surface area (Å²) < 4.78 is -0.195. The van der Waals surface area contributed by atoms with Crippen LogP contribution in [0.4, 0.5) is 11.4 Å². The number of anilines is 2. The van der Waals surface area contributed by atoms with Crippen LogP contribution >= 0.6 is 11.8 Å². The second kappa shape index (κ2) is 8.58. The third-order valence-corrected chi connectivity index (χ3v) is 7.29. The number of carbonyl (C=O) groups excluding carboxylic acids is 2. The fourth-order valence-corrected chi connectivity index (χ4v) is 5.70. The summed E-state index contributed by atoms with van der Waals surface area (Å²) in [6.07, 6.45) is 0.414. The molecule has 164 valence electrons. The molecule has 6 heteroatoms. The summed E-state index contributed by atoms with van der Waals surface area (Å²) >= 11 is 1.71. The van der Waals surface area contributed by atoms with Crippen LogP contribution in [0.25, 0.3) is 0 Å². The summed E-state index contributed by atoms with van der Waals surface area (Å²) in [5.41, 5.74) is 3.29. The van der Waals surface area contributed by atoms with Gasteiger partial charge in [0.1, 0.15) is 6.54 Å². The van der Waals surface area contributed by atoms with Crippen LogP contribution in [-0.4, -0.2) is 53.7 Å². The van der Waals surface area contributed by atoms with Gasteiger partial charge in [0, 0.05) is 47.4 Å². The first-order valence-corrected chi connectivity index (χ1v) is 11.7. The van der Waals surface area contributed by atoms with E-state index >= 15 is 0 Å². The molecular formula is C25H31N3O2S. The molecule has 2 aromatic rings. The lowest BCUT2D eigenvalue weighted by molar-refractivity contribution is -0.132. The molecule has 0 N–H and O–H groups in total. The summed E-state index contributed by atoms with van der Waals surface area (Å²) in [5.74, 6) is 0.0332. The van der Waals surface area contributed by atoms with Crippen LogP contribution in [0.2, 0.25) is 0 Å². The number of carbonyl (C=O) groups is 2. The number of fused-ring (bicyclic) bond motifs is 1. The molecule has 2 heterocycles. The van der Waals surface area contributed by atoms with E-state index in [1.807, 2.05) is 29.2 Å². The highest BCUT2D eigenvalue weighted by atomic mass is 32.2. The number of rotatable bonds is 3. The summed E-state index contributed by atoms with van der Waals surface area (Å²) in [7, 11) is 0. The lowest BCUT2D eigenvalue weighted by Crippen LogP contribution is -2.56. The highest BCUT2D eigenvalue weighted by Gasteiger charge is 2.35. The van der Waals surface area contributed by atoms with Gasteiger partial charge in [0.2, 0.25) is 11.8 Å². The Morgan fingerprint density at radius 3 is 2.65 bits per heavy atom. The van der Waals surface area contributed by atoms with Crippen molar-refractivity contribution in [3.63, 3.8) is 0 Å². The summed E-state index contributed by atoms with van der Waals surface area (Å²) in [5, 5.41) is 0. The maximum absolute atomic E-state index is 13.2. The summed E-state index contributed by atoms with van der Waals surface area (Å²) in [4.78, 5) is 33.3. The standard InChI is InChI=1S/C25H31N3O2S/c1-18-8-7-9-20(14-18)27-13-12-26(16-19(27)2)24(30)17-28-21-10-5-6-11-22(21)31-25(3,4)15-23(28)29/h5-11,14,19H,12-13,15-17H2,1-4H3. The van der Waals surface area contributed by atoms with E-state index in [9.17, 15) is 9.59 Å². The average Bonchev–Trinajstić information content (AvgIpc) is 2.80. The van der Waals surface area contributed by atoms with Gasteiger partial charge in [-0.25, -0.2) is 0 Å². The second-order valence-corrected chi connectivity index (χ2v) is 11.0. The predicted octanol–water partition coefficient (Wildman–Crippen LogP) is 4.34. The van der Waals surface area contributed by atoms with Gasteiger partial charge >= 0.3 is 0 Å². The molecule has 0 radical (unpaired) electrons. The molecule has 0 aliphatic carbocycles. The third kappa shape index (κ3) is 4.74. The normalized spacial score (nSPS) is 21.0. The zero-order valence-corrected chi connectivity index (χ0v) is 19.6. The number of para-hydroxylation sites is 1. The van der Waals surface area contributed by atoms with E-state index in [1.165, 1.54) is 11.3 Å². The van der Waals surface area contributed by atoms with Crippen LogP contribution in [0.1, 0.15) is 32.8 Å². The number of amides is 2. The van der Waals surface area contributed by atoms with Crippen LogP contribution in [0.5, 0.6) is 0 Å². The molecule has 4 rings (SSSR count). The first-order valence-electron chi connectivity index (χ1n) is 10.9. The number of benzene rings is 2. The van der Waals surface area contributed by atoms with Gasteiger partial charge in [-0.1, -0.05) is 24.3 Å². The number of piperazine rings is 1. The third-order valence-electron chi connectivity index (χ3n) is 6.03. The average molecular weight is 438 g/mol. The Balaban J connectivity index is 1.48. The molecule has 5 nitrogen and oxygen atoms in total. The van der Waals surface area contributed by atoms with Crippen LogP contribution in [-0.2, 0) is 9.59 Å². The Hall–Kier alpha value is -2.47. The number of hydrogen-bond acceptors (Lipinski definition) is 4. The lowest BCUT2D eigenvalue weighted by Gasteiger charge is -2.42. The SMILES string of the molecule is Cc1cccc(N2CCN(C(=O)CN3C(=O)CC(C)(C)Sc4ccccc43)CC2C)c1. The van der Waals surface area contributed by atoms with Crippen molar-refractivity contribution in [2.75, 3.05) is 36.0 Å². The van der Waals surface area contributed by atoms with E-state index in [1.54, 1.807) is 16.7 Å². The van der Waals surface area contributed by atoms with E-state index in [4.69, 9.17) is 0 Å². The molecule has 2 amide bonds. The van der Waals surface area contributed by atoms with E-state index < -0.39 is 0 Å². The molecule has 1 atom stereocenters. The number of hydrogen-bond donors (Lipinski definition) is 0. The van der Waals surface area contributed by atoms with Crippen molar-refractivity contribution in [3.05, 3.63) is 54.1 Å². The molecule has 0 bridgehead atoms. The Kier molecular flexibility index (Phi) is 6.02. The van der Waals surface area contributed by atoms with Crippen molar-refractivity contribution < 1.29 is 9.59 Å². The smallest absolute Gasteiger partial charge is 0.242 e. The molecule has 2 aliphatic rings. The number of thioether (sulfide) groups is 1. The number of nitrogens with zero attached hydrogens (tertiary/aromatic N) is 3. The van der Waals surface area contributed by atoms with Gasteiger partial charge in [0.25, 0.3) is 0 Å². The van der Waals surface area contributed by atoms with Crippen LogP contribution in [0.3, 0.4) is 0 Å². The fourth-order valence-electron chi connectivity index (χ4n) is 4.48. The van der Waals surface area contributed by atoms with Gasteiger partial charge in [-0.2, -0.15) is 0 Å². The molecule has 1 unspecified atom stereocenters. The van der Waals surface area contributed by atoms with Gasteiger partial charge in [0.15, 0.2) is 0 Å². The van der Waals surface area contributed by atoms with E-state index in [0.29, 0.717) is 19.5 Å². The summed E-state index contributed by atoms with van der Waals surface area (Å²) in [6.45, 7) is 10.7. The topological polar surface area (TPSA) is 43.9 Å². The largest absolute Gasteiger partial charge is 0.365 e. The zero-order chi connectivity index (χ0) is 22.2. The van der Waals surface area contributed by atoms with Crippen molar-refractivity contribution in [2.24, 2.45) is 0 Å². The fraction of sp³-hybridized carbons (Fsp3) is 0.440. The Morgan fingerprint density at radius 2 is 1.90 bits per heavy atom. The Bertz CT molecular complexity index is 990. The quantitative estimate of drug-likeness (QED) is 0.717. The molecule has 0 aromatic heterocycles. The van der Waals surface area contributed by atoms with E-state index in [2.05, 4.69) is 56.9 Å². The first-order chi connectivity index (χ1) is 14.7. The second-order valence-electron chi connectivity index (χ2n) is 9.21. The van der Waals surface area contributed by atoms with Crippen LogP contribution in [0.15, 0.2) is 53.4 Å². The lowest BCUT2D eigenvalue weighted by atomic mass is 10.1. The maximum Gasteiger partial charge on any atom is 0.242 e. The van der Waals surface area contributed by atoms with Crippen molar-refractivity contribution in [2.45, 2.75) is 49.8 Å². The molecular weight excluding hydrogens is 406 g/mol. The van der Waals surface area contributed by atoms with Crippen molar-refractivity contribution in [3.8, 4) is 0 Å². The van der Waals surface area contributed by atoms with Gasteiger partial charge in [0.05, 0.1) is 5.69 Å². The molecule has 1 fully saturated rings. The monoisotopic (exact) mass is 437 g/mol.